The lowest BCUT2D eigenvalue weighted by Crippen LogP contribution is -2.40. The number of hydrogen-bond acceptors (Lipinski definition) is 3. The van der Waals surface area contributed by atoms with Crippen LogP contribution < -0.4 is 10.5 Å². The maximum atomic E-state index is 6.03. The van der Waals surface area contributed by atoms with Gasteiger partial charge in [-0.3, -0.25) is 4.90 Å². The second kappa shape index (κ2) is 7.65. The molecule has 0 heterocycles. The fourth-order valence-electron chi connectivity index (χ4n) is 3.20. The minimum absolute atomic E-state index is 0.418. The Morgan fingerprint density at radius 1 is 1.20 bits per heavy atom. The maximum absolute atomic E-state index is 6.03. The quantitative estimate of drug-likeness (QED) is 0.867. The van der Waals surface area contributed by atoms with Crippen LogP contribution in [0.15, 0.2) is 24.3 Å². The van der Waals surface area contributed by atoms with Crippen LogP contribution in [-0.2, 0) is 6.54 Å². The standard InChI is InChI=1S/C17H28N2O/c1-3-12-19(16-10-8-15(18)9-11-16)13-14-6-4-5-7-17(14)20-2/h4-7,15-16H,3,8-13,18H2,1-2H3. The van der Waals surface area contributed by atoms with E-state index in [2.05, 4.69) is 30.0 Å². The molecule has 1 aliphatic rings. The highest BCUT2D eigenvalue weighted by molar-refractivity contribution is 5.33. The first-order valence-corrected chi connectivity index (χ1v) is 7.86. The van der Waals surface area contributed by atoms with Crippen molar-refractivity contribution in [1.29, 1.82) is 0 Å². The zero-order chi connectivity index (χ0) is 14.4. The summed E-state index contributed by atoms with van der Waals surface area (Å²) in [7, 11) is 1.75. The van der Waals surface area contributed by atoms with E-state index in [0.717, 1.165) is 31.7 Å². The first-order valence-electron chi connectivity index (χ1n) is 7.86. The summed E-state index contributed by atoms with van der Waals surface area (Å²) in [6.45, 7) is 4.39. The van der Waals surface area contributed by atoms with E-state index in [1.54, 1.807) is 7.11 Å². The highest BCUT2D eigenvalue weighted by atomic mass is 16.5. The monoisotopic (exact) mass is 276 g/mol. The molecule has 0 amide bonds. The molecule has 0 atom stereocenters. The fourth-order valence-corrected chi connectivity index (χ4v) is 3.20. The van der Waals surface area contributed by atoms with Crippen molar-refractivity contribution in [3.63, 3.8) is 0 Å². The molecule has 20 heavy (non-hydrogen) atoms. The lowest BCUT2D eigenvalue weighted by Gasteiger charge is -2.36. The highest BCUT2D eigenvalue weighted by Gasteiger charge is 2.24. The van der Waals surface area contributed by atoms with Crippen molar-refractivity contribution in [2.24, 2.45) is 5.73 Å². The second-order valence-corrected chi connectivity index (χ2v) is 5.85. The Bertz CT molecular complexity index is 400. The maximum Gasteiger partial charge on any atom is 0.123 e. The van der Waals surface area contributed by atoms with Crippen LogP contribution in [0, 0.1) is 0 Å². The molecule has 1 aliphatic carbocycles. The summed E-state index contributed by atoms with van der Waals surface area (Å²) in [5.41, 5.74) is 7.32. The highest BCUT2D eigenvalue weighted by Crippen LogP contribution is 2.26. The Balaban J connectivity index is 2.05. The summed E-state index contributed by atoms with van der Waals surface area (Å²) >= 11 is 0. The van der Waals surface area contributed by atoms with E-state index in [1.165, 1.54) is 24.8 Å². The summed E-state index contributed by atoms with van der Waals surface area (Å²) in [6, 6.07) is 9.46. The van der Waals surface area contributed by atoms with Crippen molar-refractivity contribution in [1.82, 2.24) is 4.90 Å². The number of nitrogens with two attached hydrogens (primary N) is 1. The molecule has 0 bridgehead atoms. The number of para-hydroxylation sites is 1. The van der Waals surface area contributed by atoms with Crippen LogP contribution in [0.5, 0.6) is 5.75 Å². The molecule has 2 rings (SSSR count). The summed E-state index contributed by atoms with van der Waals surface area (Å²) in [6.07, 6.45) is 5.98. The molecule has 0 unspecified atom stereocenters. The van der Waals surface area contributed by atoms with Gasteiger partial charge < -0.3 is 10.5 Å². The molecule has 2 N–H and O–H groups in total. The fraction of sp³-hybridized carbons (Fsp3) is 0.647. The first kappa shape index (κ1) is 15.3. The molecule has 1 fully saturated rings. The SMILES string of the molecule is CCCN(Cc1ccccc1OC)C1CCC(N)CC1. The van der Waals surface area contributed by atoms with Crippen LogP contribution in [0.4, 0.5) is 0 Å². The third-order valence-corrected chi connectivity index (χ3v) is 4.33. The van der Waals surface area contributed by atoms with Crippen LogP contribution in [-0.4, -0.2) is 30.6 Å². The number of ether oxygens (including phenoxy) is 1. The normalized spacial score (nSPS) is 23.0. The first-order chi connectivity index (χ1) is 9.74. The molecule has 1 aromatic carbocycles. The molecule has 0 saturated heterocycles. The van der Waals surface area contributed by atoms with Gasteiger partial charge >= 0.3 is 0 Å². The van der Waals surface area contributed by atoms with Crippen LogP contribution in [0.3, 0.4) is 0 Å². The minimum Gasteiger partial charge on any atom is -0.496 e. The van der Waals surface area contributed by atoms with Gasteiger partial charge in [0.15, 0.2) is 0 Å². The van der Waals surface area contributed by atoms with E-state index in [9.17, 15) is 0 Å². The van der Waals surface area contributed by atoms with Gasteiger partial charge in [0.25, 0.3) is 0 Å². The van der Waals surface area contributed by atoms with Crippen LogP contribution in [0.2, 0.25) is 0 Å². The molecule has 0 radical (unpaired) electrons. The van der Waals surface area contributed by atoms with Crippen molar-refractivity contribution < 1.29 is 4.74 Å². The molecule has 1 saturated carbocycles. The Morgan fingerprint density at radius 3 is 2.55 bits per heavy atom. The second-order valence-electron chi connectivity index (χ2n) is 5.85. The van der Waals surface area contributed by atoms with Gasteiger partial charge in [-0.1, -0.05) is 25.1 Å². The van der Waals surface area contributed by atoms with Crippen molar-refractivity contribution in [3.05, 3.63) is 29.8 Å². The van der Waals surface area contributed by atoms with E-state index >= 15 is 0 Å². The summed E-state index contributed by atoms with van der Waals surface area (Å²) < 4.78 is 5.48. The van der Waals surface area contributed by atoms with E-state index in [1.807, 2.05) is 6.07 Å². The average molecular weight is 276 g/mol. The van der Waals surface area contributed by atoms with Gasteiger partial charge in [-0.15, -0.1) is 0 Å². The van der Waals surface area contributed by atoms with E-state index in [-0.39, 0.29) is 0 Å². The number of nitrogens with zero attached hydrogens (tertiary/aromatic N) is 1. The molecule has 1 aromatic rings. The molecule has 0 aromatic heterocycles. The molecular weight excluding hydrogens is 248 g/mol. The van der Waals surface area contributed by atoms with Gasteiger partial charge in [-0.25, -0.2) is 0 Å². The molecule has 3 heteroatoms. The third-order valence-electron chi connectivity index (χ3n) is 4.33. The van der Waals surface area contributed by atoms with E-state index in [0.29, 0.717) is 12.1 Å². The zero-order valence-electron chi connectivity index (χ0n) is 12.8. The lowest BCUT2D eigenvalue weighted by molar-refractivity contribution is 0.141. The molecular formula is C17H28N2O. The number of benzene rings is 1. The van der Waals surface area contributed by atoms with Gasteiger partial charge in [-0.05, 0) is 44.7 Å². The van der Waals surface area contributed by atoms with Gasteiger partial charge in [-0.2, -0.15) is 0 Å². The number of methoxy groups -OCH3 is 1. The Labute approximate surface area is 123 Å². The molecule has 112 valence electrons. The Morgan fingerprint density at radius 2 is 1.90 bits per heavy atom. The van der Waals surface area contributed by atoms with Crippen molar-refractivity contribution in [2.45, 2.75) is 57.7 Å². The van der Waals surface area contributed by atoms with Gasteiger partial charge in [0.1, 0.15) is 5.75 Å². The molecule has 3 nitrogen and oxygen atoms in total. The van der Waals surface area contributed by atoms with Crippen molar-refractivity contribution in [2.75, 3.05) is 13.7 Å². The summed E-state index contributed by atoms with van der Waals surface area (Å²) in [5, 5.41) is 0. The predicted octanol–water partition coefficient (Wildman–Crippen LogP) is 3.18. The molecule has 0 spiro atoms. The Kier molecular flexibility index (Phi) is 5.86. The number of rotatable bonds is 6. The van der Waals surface area contributed by atoms with E-state index < -0.39 is 0 Å². The minimum atomic E-state index is 0.418. The van der Waals surface area contributed by atoms with E-state index in [4.69, 9.17) is 10.5 Å². The van der Waals surface area contributed by atoms with Crippen LogP contribution >= 0.6 is 0 Å². The van der Waals surface area contributed by atoms with Gasteiger partial charge in [0, 0.05) is 24.2 Å². The van der Waals surface area contributed by atoms with Gasteiger partial charge in [0.2, 0.25) is 0 Å². The summed E-state index contributed by atoms with van der Waals surface area (Å²) in [4.78, 5) is 2.61. The van der Waals surface area contributed by atoms with Crippen LogP contribution in [0.1, 0.15) is 44.6 Å². The third kappa shape index (κ3) is 3.97. The number of hydrogen-bond donors (Lipinski definition) is 1. The smallest absolute Gasteiger partial charge is 0.123 e. The zero-order valence-corrected chi connectivity index (χ0v) is 12.8. The predicted molar refractivity (Wildman–Crippen MR) is 83.9 cm³/mol. The van der Waals surface area contributed by atoms with Crippen molar-refractivity contribution in [3.8, 4) is 5.75 Å². The van der Waals surface area contributed by atoms with Crippen LogP contribution in [0.25, 0.3) is 0 Å². The average Bonchev–Trinajstić information content (AvgIpc) is 2.48. The van der Waals surface area contributed by atoms with Gasteiger partial charge in [0.05, 0.1) is 7.11 Å². The Hall–Kier alpha value is -1.06. The lowest BCUT2D eigenvalue weighted by atomic mass is 9.90. The topological polar surface area (TPSA) is 38.5 Å². The van der Waals surface area contributed by atoms with Crippen molar-refractivity contribution >= 4 is 0 Å². The largest absolute Gasteiger partial charge is 0.496 e. The summed E-state index contributed by atoms with van der Waals surface area (Å²) in [5.74, 6) is 1.00. The molecule has 0 aliphatic heterocycles.